The summed E-state index contributed by atoms with van der Waals surface area (Å²) in [6, 6.07) is 19.2. The summed E-state index contributed by atoms with van der Waals surface area (Å²) in [5.74, 6) is 0.600. The van der Waals surface area contributed by atoms with E-state index in [0.717, 1.165) is 49.8 Å². The van der Waals surface area contributed by atoms with Gasteiger partial charge >= 0.3 is 0 Å². The van der Waals surface area contributed by atoms with Crippen molar-refractivity contribution in [2.24, 2.45) is 4.99 Å². The third-order valence-corrected chi connectivity index (χ3v) is 5.37. The number of rotatable bonds is 7. The van der Waals surface area contributed by atoms with E-state index in [1.807, 2.05) is 18.3 Å². The Balaban J connectivity index is 0.00000289. The van der Waals surface area contributed by atoms with Crippen molar-refractivity contribution >= 4 is 35.6 Å². The van der Waals surface area contributed by atoms with Crippen molar-refractivity contribution < 1.29 is 4.39 Å². The molecule has 1 unspecified atom stereocenters. The number of benzene rings is 2. The summed E-state index contributed by atoms with van der Waals surface area (Å²) in [4.78, 5) is 7.15. The molecular weight excluding hydrogens is 518 g/mol. The lowest BCUT2D eigenvalue weighted by atomic mass is 10.2. The highest BCUT2D eigenvalue weighted by Gasteiger charge is 2.23. The molecule has 3 aromatic rings. The highest BCUT2D eigenvalue weighted by atomic mass is 127. The van der Waals surface area contributed by atoms with Crippen LogP contribution in [0.3, 0.4) is 0 Å². The Morgan fingerprint density at radius 3 is 2.62 bits per heavy atom. The molecule has 2 aromatic carbocycles. The average Bonchev–Trinajstić information content (AvgIpc) is 3.45. The molecular formula is C24H30FIN6. The van der Waals surface area contributed by atoms with Crippen LogP contribution in [0.1, 0.15) is 19.0 Å². The molecule has 32 heavy (non-hydrogen) atoms. The predicted molar refractivity (Wildman–Crippen MR) is 139 cm³/mol. The Bertz CT molecular complexity index is 989. The first-order valence-corrected chi connectivity index (χ1v) is 10.9. The monoisotopic (exact) mass is 548 g/mol. The molecule has 1 fully saturated rings. The Kier molecular flexibility index (Phi) is 8.90. The van der Waals surface area contributed by atoms with Gasteiger partial charge in [0.2, 0.25) is 0 Å². The molecule has 0 bridgehead atoms. The van der Waals surface area contributed by atoms with Crippen LogP contribution in [0, 0.1) is 5.82 Å². The number of aromatic nitrogens is 2. The minimum absolute atomic E-state index is 0. The Hall–Kier alpha value is -2.62. The van der Waals surface area contributed by atoms with Crippen molar-refractivity contribution in [1.29, 1.82) is 0 Å². The van der Waals surface area contributed by atoms with E-state index < -0.39 is 0 Å². The molecule has 0 amide bonds. The van der Waals surface area contributed by atoms with E-state index >= 15 is 0 Å². The molecule has 4 rings (SSSR count). The van der Waals surface area contributed by atoms with E-state index in [-0.39, 0.29) is 29.8 Å². The van der Waals surface area contributed by atoms with E-state index in [1.54, 1.807) is 16.8 Å². The summed E-state index contributed by atoms with van der Waals surface area (Å²) >= 11 is 0. The van der Waals surface area contributed by atoms with E-state index in [0.29, 0.717) is 12.6 Å². The summed E-state index contributed by atoms with van der Waals surface area (Å²) < 4.78 is 14.9. The minimum Gasteiger partial charge on any atom is -0.369 e. The van der Waals surface area contributed by atoms with Gasteiger partial charge in [-0.3, -0.25) is 4.99 Å². The summed E-state index contributed by atoms with van der Waals surface area (Å²) in [7, 11) is 0. The number of anilines is 1. The largest absolute Gasteiger partial charge is 0.369 e. The maximum absolute atomic E-state index is 13.1. The lowest BCUT2D eigenvalue weighted by molar-refractivity contribution is 0.627. The number of guanidine groups is 1. The van der Waals surface area contributed by atoms with Crippen LogP contribution in [0.4, 0.5) is 10.1 Å². The first-order valence-electron chi connectivity index (χ1n) is 10.9. The lowest BCUT2D eigenvalue weighted by Crippen LogP contribution is -2.44. The maximum Gasteiger partial charge on any atom is 0.191 e. The average molecular weight is 548 g/mol. The van der Waals surface area contributed by atoms with Gasteiger partial charge in [0.1, 0.15) is 5.82 Å². The Morgan fingerprint density at radius 1 is 1.09 bits per heavy atom. The van der Waals surface area contributed by atoms with Crippen molar-refractivity contribution in [2.45, 2.75) is 25.8 Å². The highest BCUT2D eigenvalue weighted by Crippen LogP contribution is 2.19. The molecule has 2 heterocycles. The fourth-order valence-corrected chi connectivity index (χ4v) is 3.78. The van der Waals surface area contributed by atoms with E-state index in [9.17, 15) is 4.39 Å². The van der Waals surface area contributed by atoms with Crippen LogP contribution in [-0.4, -0.2) is 48.0 Å². The van der Waals surface area contributed by atoms with Crippen molar-refractivity contribution in [3.05, 3.63) is 78.4 Å². The Morgan fingerprint density at radius 2 is 1.88 bits per heavy atom. The van der Waals surface area contributed by atoms with Crippen LogP contribution >= 0.6 is 24.0 Å². The van der Waals surface area contributed by atoms with Crippen molar-refractivity contribution in [1.82, 2.24) is 20.4 Å². The molecule has 2 N–H and O–H groups in total. The van der Waals surface area contributed by atoms with E-state index in [2.05, 4.69) is 51.8 Å². The third-order valence-electron chi connectivity index (χ3n) is 5.37. The summed E-state index contributed by atoms with van der Waals surface area (Å²) in [6.45, 7) is 5.55. The quantitative estimate of drug-likeness (QED) is 0.266. The van der Waals surface area contributed by atoms with Gasteiger partial charge in [-0.05, 0) is 55.8 Å². The molecule has 8 heteroatoms. The van der Waals surface area contributed by atoms with Crippen LogP contribution in [0.2, 0.25) is 0 Å². The number of hydrogen-bond acceptors (Lipinski definition) is 3. The molecule has 1 aromatic heterocycles. The molecule has 6 nitrogen and oxygen atoms in total. The molecule has 1 aliphatic rings. The summed E-state index contributed by atoms with van der Waals surface area (Å²) in [5.41, 5.74) is 3.07. The molecule has 0 saturated carbocycles. The predicted octanol–water partition coefficient (Wildman–Crippen LogP) is 4.01. The van der Waals surface area contributed by atoms with Crippen LogP contribution in [0.25, 0.3) is 5.69 Å². The summed E-state index contributed by atoms with van der Waals surface area (Å²) in [5, 5.41) is 11.5. The van der Waals surface area contributed by atoms with Crippen LogP contribution < -0.4 is 15.5 Å². The zero-order valence-electron chi connectivity index (χ0n) is 18.2. The van der Waals surface area contributed by atoms with Gasteiger partial charge in [-0.15, -0.1) is 24.0 Å². The molecule has 0 spiro atoms. The van der Waals surface area contributed by atoms with Crippen molar-refractivity contribution in [3.63, 3.8) is 0 Å². The minimum atomic E-state index is -0.247. The fraction of sp³-hybridized carbons (Fsp3) is 0.333. The summed E-state index contributed by atoms with van der Waals surface area (Å²) in [6.07, 6.45) is 3.72. The zero-order chi connectivity index (χ0) is 21.5. The maximum atomic E-state index is 13.1. The second-order valence-electron chi connectivity index (χ2n) is 7.65. The lowest BCUT2D eigenvalue weighted by Gasteiger charge is -2.20. The second kappa shape index (κ2) is 11.8. The van der Waals surface area contributed by atoms with Gasteiger partial charge in [0, 0.05) is 50.5 Å². The molecule has 1 atom stereocenters. The number of hydrogen-bond donors (Lipinski definition) is 2. The van der Waals surface area contributed by atoms with Gasteiger partial charge < -0.3 is 15.5 Å². The van der Waals surface area contributed by atoms with E-state index in [1.165, 1.54) is 17.8 Å². The smallest absolute Gasteiger partial charge is 0.191 e. The van der Waals surface area contributed by atoms with Crippen LogP contribution in [-0.2, 0) is 6.42 Å². The number of halogens is 2. The zero-order valence-corrected chi connectivity index (χ0v) is 20.6. The molecule has 1 aliphatic heterocycles. The SMILES string of the molecule is CCNC(=NCCc1ccn(-c2ccc(F)cc2)n1)NC1CCN(c2ccccc2)C1.I. The Labute approximate surface area is 205 Å². The van der Waals surface area contributed by atoms with Crippen molar-refractivity contribution in [3.8, 4) is 5.69 Å². The van der Waals surface area contributed by atoms with Crippen LogP contribution in [0.5, 0.6) is 0 Å². The number of nitrogens with one attached hydrogen (secondary N) is 2. The topological polar surface area (TPSA) is 57.5 Å². The first kappa shape index (κ1) is 24.0. The van der Waals surface area contributed by atoms with Gasteiger partial charge in [0.25, 0.3) is 0 Å². The fourth-order valence-electron chi connectivity index (χ4n) is 3.78. The number of aliphatic imine (C=N–C) groups is 1. The molecule has 170 valence electrons. The normalized spacial score (nSPS) is 16.0. The van der Waals surface area contributed by atoms with Gasteiger partial charge in [-0.1, -0.05) is 18.2 Å². The second-order valence-corrected chi connectivity index (χ2v) is 7.65. The van der Waals surface area contributed by atoms with Crippen LogP contribution in [0.15, 0.2) is 71.9 Å². The van der Waals surface area contributed by atoms with Crippen molar-refractivity contribution in [2.75, 3.05) is 31.1 Å². The van der Waals surface area contributed by atoms with Gasteiger partial charge in [-0.2, -0.15) is 5.10 Å². The third kappa shape index (κ3) is 6.44. The molecule has 1 saturated heterocycles. The van der Waals surface area contributed by atoms with Gasteiger partial charge in [0.15, 0.2) is 5.96 Å². The van der Waals surface area contributed by atoms with Gasteiger partial charge in [0.05, 0.1) is 11.4 Å². The first-order chi connectivity index (χ1) is 15.2. The highest BCUT2D eigenvalue weighted by molar-refractivity contribution is 14.0. The number of nitrogens with zero attached hydrogens (tertiary/aromatic N) is 4. The van der Waals surface area contributed by atoms with Gasteiger partial charge in [-0.25, -0.2) is 9.07 Å². The number of para-hydroxylation sites is 1. The molecule has 0 radical (unpaired) electrons. The standard InChI is InChI=1S/C24H29FN6.HI/c1-2-26-24(28-21-13-16-30(18-21)22-6-4-3-5-7-22)27-15-12-20-14-17-31(29-20)23-10-8-19(25)9-11-23;/h3-11,14,17,21H,2,12-13,15-16,18H2,1H3,(H2,26,27,28);1H. The molecule has 0 aliphatic carbocycles. The van der Waals surface area contributed by atoms with E-state index in [4.69, 9.17) is 4.99 Å².